The number of thiazole rings is 1. The second-order valence-corrected chi connectivity index (χ2v) is 7.04. The van der Waals surface area contributed by atoms with E-state index in [9.17, 15) is 13.2 Å². The molecular formula is C19H15F3N2O2S. The lowest BCUT2D eigenvalue weighted by Gasteiger charge is -2.23. The van der Waals surface area contributed by atoms with Crippen molar-refractivity contribution in [3.63, 3.8) is 0 Å². The third-order valence-electron chi connectivity index (χ3n) is 4.10. The molecule has 1 fully saturated rings. The second-order valence-electron chi connectivity index (χ2n) is 6.01. The molecule has 4 rings (SSSR count). The van der Waals surface area contributed by atoms with E-state index < -0.39 is 11.7 Å². The van der Waals surface area contributed by atoms with Gasteiger partial charge in [-0.1, -0.05) is 24.3 Å². The Morgan fingerprint density at radius 3 is 2.44 bits per heavy atom. The van der Waals surface area contributed by atoms with Crippen molar-refractivity contribution in [2.75, 3.05) is 13.2 Å². The van der Waals surface area contributed by atoms with Gasteiger partial charge >= 0.3 is 6.18 Å². The minimum absolute atomic E-state index is 0.259. The standard InChI is InChI=1S/C19H15F3N2O2S/c20-19(21,22)14-6-7-23-15(10-14)16-11-24-17(27-16)12-2-4-13(5-3-12)18-25-8-1-9-26-18/h2-7,10-11,18H,1,8-9H2. The molecule has 3 aromatic rings. The Kier molecular flexibility index (Phi) is 4.94. The largest absolute Gasteiger partial charge is 0.416 e. The first-order chi connectivity index (χ1) is 13.0. The van der Waals surface area contributed by atoms with E-state index in [4.69, 9.17) is 9.47 Å². The third kappa shape index (κ3) is 4.02. The number of nitrogens with zero attached hydrogens (tertiary/aromatic N) is 2. The van der Waals surface area contributed by atoms with Crippen molar-refractivity contribution in [1.29, 1.82) is 0 Å². The fraction of sp³-hybridized carbons (Fsp3) is 0.263. The van der Waals surface area contributed by atoms with Gasteiger partial charge in [-0.3, -0.25) is 4.98 Å². The molecule has 0 N–H and O–H groups in total. The maximum Gasteiger partial charge on any atom is 0.416 e. The number of benzene rings is 1. The Hall–Kier alpha value is -2.29. The van der Waals surface area contributed by atoms with Crippen molar-refractivity contribution in [3.8, 4) is 21.1 Å². The van der Waals surface area contributed by atoms with E-state index in [0.29, 0.717) is 23.1 Å². The van der Waals surface area contributed by atoms with Crippen molar-refractivity contribution >= 4 is 11.3 Å². The van der Waals surface area contributed by atoms with Gasteiger partial charge in [-0.2, -0.15) is 13.2 Å². The Morgan fingerprint density at radius 2 is 1.74 bits per heavy atom. The first kappa shape index (κ1) is 18.1. The summed E-state index contributed by atoms with van der Waals surface area (Å²) in [5.41, 5.74) is 1.33. The van der Waals surface area contributed by atoms with Crippen LogP contribution >= 0.6 is 11.3 Å². The van der Waals surface area contributed by atoms with E-state index in [0.717, 1.165) is 35.9 Å². The zero-order valence-corrected chi connectivity index (χ0v) is 14.9. The quantitative estimate of drug-likeness (QED) is 0.605. The van der Waals surface area contributed by atoms with Gasteiger partial charge in [0.1, 0.15) is 5.01 Å². The molecule has 0 saturated carbocycles. The topological polar surface area (TPSA) is 44.2 Å². The van der Waals surface area contributed by atoms with Crippen LogP contribution in [0.4, 0.5) is 13.2 Å². The summed E-state index contributed by atoms with van der Waals surface area (Å²) < 4.78 is 49.8. The van der Waals surface area contributed by atoms with Crippen LogP contribution in [-0.2, 0) is 15.7 Å². The molecule has 3 heterocycles. The molecule has 0 spiro atoms. The molecular weight excluding hydrogens is 377 g/mol. The fourth-order valence-electron chi connectivity index (χ4n) is 2.73. The van der Waals surface area contributed by atoms with Crippen molar-refractivity contribution < 1.29 is 22.6 Å². The molecule has 0 unspecified atom stereocenters. The van der Waals surface area contributed by atoms with Crippen LogP contribution in [0.5, 0.6) is 0 Å². The highest BCUT2D eigenvalue weighted by atomic mass is 32.1. The summed E-state index contributed by atoms with van der Waals surface area (Å²) in [5.74, 6) is 0. The molecule has 0 atom stereocenters. The molecule has 1 aromatic carbocycles. The molecule has 0 aliphatic carbocycles. The molecule has 27 heavy (non-hydrogen) atoms. The highest BCUT2D eigenvalue weighted by Gasteiger charge is 2.31. The summed E-state index contributed by atoms with van der Waals surface area (Å²) in [4.78, 5) is 8.96. The Morgan fingerprint density at radius 1 is 1.00 bits per heavy atom. The van der Waals surface area contributed by atoms with Crippen LogP contribution in [-0.4, -0.2) is 23.2 Å². The fourth-order valence-corrected chi connectivity index (χ4v) is 3.62. The minimum atomic E-state index is -4.40. The van der Waals surface area contributed by atoms with Crippen LogP contribution in [0.15, 0.2) is 48.8 Å². The van der Waals surface area contributed by atoms with Crippen LogP contribution in [0.2, 0.25) is 0 Å². The Balaban J connectivity index is 1.56. The second kappa shape index (κ2) is 7.38. The average molecular weight is 392 g/mol. The number of rotatable bonds is 3. The first-order valence-corrected chi connectivity index (χ1v) is 9.15. The molecule has 2 aromatic heterocycles. The van der Waals surface area contributed by atoms with Gasteiger partial charge in [0, 0.05) is 23.5 Å². The molecule has 1 aliphatic rings. The van der Waals surface area contributed by atoms with Crippen molar-refractivity contribution in [1.82, 2.24) is 9.97 Å². The summed E-state index contributed by atoms with van der Waals surface area (Å²) in [5, 5.41) is 0.709. The lowest BCUT2D eigenvalue weighted by molar-refractivity contribution is -0.183. The zero-order chi connectivity index (χ0) is 18.9. The van der Waals surface area contributed by atoms with Crippen molar-refractivity contribution in [2.45, 2.75) is 18.9 Å². The van der Waals surface area contributed by atoms with E-state index in [1.165, 1.54) is 11.3 Å². The minimum Gasteiger partial charge on any atom is -0.348 e. The van der Waals surface area contributed by atoms with Gasteiger partial charge in [-0.25, -0.2) is 4.98 Å². The van der Waals surface area contributed by atoms with E-state index in [1.807, 2.05) is 24.3 Å². The van der Waals surface area contributed by atoms with E-state index in [-0.39, 0.29) is 12.0 Å². The average Bonchev–Trinajstić information content (AvgIpc) is 3.19. The van der Waals surface area contributed by atoms with Crippen LogP contribution < -0.4 is 0 Å². The number of ether oxygens (including phenoxy) is 2. The molecule has 0 bridgehead atoms. The SMILES string of the molecule is FC(F)(F)c1ccnc(-c2cnc(-c3ccc(C4OCCCO4)cc3)s2)c1. The van der Waals surface area contributed by atoms with Gasteiger partial charge in [0.2, 0.25) is 0 Å². The molecule has 1 saturated heterocycles. The summed E-state index contributed by atoms with van der Waals surface area (Å²) in [6, 6.07) is 9.62. The maximum atomic E-state index is 12.9. The molecule has 1 aliphatic heterocycles. The van der Waals surface area contributed by atoms with Crippen LogP contribution in [0, 0.1) is 0 Å². The predicted octanol–water partition coefficient (Wildman–Crippen LogP) is 5.33. The maximum absolute atomic E-state index is 12.9. The number of aromatic nitrogens is 2. The summed E-state index contributed by atoms with van der Waals surface area (Å²) in [6.45, 7) is 1.35. The molecule has 140 valence electrons. The van der Waals surface area contributed by atoms with Gasteiger partial charge in [-0.15, -0.1) is 11.3 Å². The summed E-state index contributed by atoms with van der Waals surface area (Å²) in [7, 11) is 0. The summed E-state index contributed by atoms with van der Waals surface area (Å²) in [6.07, 6.45) is -1.15. The lowest BCUT2D eigenvalue weighted by Crippen LogP contribution is -2.17. The van der Waals surface area contributed by atoms with Gasteiger partial charge in [0.15, 0.2) is 6.29 Å². The van der Waals surface area contributed by atoms with Gasteiger partial charge in [0.05, 0.1) is 29.3 Å². The number of halogens is 3. The smallest absolute Gasteiger partial charge is 0.348 e. The third-order valence-corrected chi connectivity index (χ3v) is 5.17. The number of pyridine rings is 1. The number of hydrogen-bond donors (Lipinski definition) is 0. The first-order valence-electron chi connectivity index (χ1n) is 8.34. The molecule has 0 radical (unpaired) electrons. The number of alkyl halides is 3. The van der Waals surface area contributed by atoms with Crippen molar-refractivity contribution in [3.05, 3.63) is 59.9 Å². The van der Waals surface area contributed by atoms with Gasteiger partial charge in [-0.05, 0) is 18.6 Å². The van der Waals surface area contributed by atoms with Crippen LogP contribution in [0.3, 0.4) is 0 Å². The summed E-state index contributed by atoms with van der Waals surface area (Å²) >= 11 is 1.30. The molecule has 4 nitrogen and oxygen atoms in total. The lowest BCUT2D eigenvalue weighted by atomic mass is 10.1. The van der Waals surface area contributed by atoms with E-state index in [2.05, 4.69) is 9.97 Å². The van der Waals surface area contributed by atoms with E-state index in [1.54, 1.807) is 6.20 Å². The number of hydrogen-bond acceptors (Lipinski definition) is 5. The predicted molar refractivity (Wildman–Crippen MR) is 95.0 cm³/mol. The highest BCUT2D eigenvalue weighted by Crippen LogP contribution is 2.35. The highest BCUT2D eigenvalue weighted by molar-refractivity contribution is 7.18. The monoisotopic (exact) mass is 392 g/mol. The van der Waals surface area contributed by atoms with Crippen LogP contribution in [0.25, 0.3) is 21.1 Å². The zero-order valence-electron chi connectivity index (χ0n) is 14.1. The van der Waals surface area contributed by atoms with Crippen molar-refractivity contribution in [2.24, 2.45) is 0 Å². The van der Waals surface area contributed by atoms with Gasteiger partial charge < -0.3 is 9.47 Å². The van der Waals surface area contributed by atoms with E-state index >= 15 is 0 Å². The molecule has 0 amide bonds. The normalized spacial score (nSPS) is 15.8. The van der Waals surface area contributed by atoms with Gasteiger partial charge in [0.25, 0.3) is 0 Å². The molecule has 8 heteroatoms. The van der Waals surface area contributed by atoms with Crippen LogP contribution in [0.1, 0.15) is 23.8 Å². The Labute approximate surface area is 157 Å². The Bertz CT molecular complexity index is 919.